The van der Waals surface area contributed by atoms with Crippen LogP contribution in [0.3, 0.4) is 0 Å². The fraction of sp³-hybridized carbons (Fsp3) is 0.500. The van der Waals surface area contributed by atoms with E-state index in [1.807, 2.05) is 6.92 Å². The molecule has 0 spiro atoms. The summed E-state index contributed by atoms with van der Waals surface area (Å²) in [5.41, 5.74) is 1.68. The molecule has 1 N–H and O–H groups in total. The lowest BCUT2D eigenvalue weighted by Crippen LogP contribution is -2.24. The number of aryl methyl sites for hydroxylation is 1. The Balaban J connectivity index is 2.40. The van der Waals surface area contributed by atoms with Crippen molar-refractivity contribution in [1.29, 1.82) is 0 Å². The van der Waals surface area contributed by atoms with Gasteiger partial charge in [0.1, 0.15) is 5.69 Å². The molecule has 1 atom stereocenters. The third-order valence-corrected chi connectivity index (χ3v) is 3.60. The van der Waals surface area contributed by atoms with E-state index in [1.165, 1.54) is 11.5 Å². The highest BCUT2D eigenvalue weighted by Crippen LogP contribution is 2.29. The Bertz CT molecular complexity index is 530. The van der Waals surface area contributed by atoms with Crippen LogP contribution in [-0.4, -0.2) is 33.2 Å². The molecule has 0 aliphatic heterocycles. The predicted molar refractivity (Wildman–Crippen MR) is 73.4 cm³/mol. The van der Waals surface area contributed by atoms with Gasteiger partial charge in [-0.2, -0.15) is 0 Å². The van der Waals surface area contributed by atoms with Crippen molar-refractivity contribution in [2.45, 2.75) is 26.3 Å². The molecule has 0 bridgehead atoms. The lowest BCUT2D eigenvalue weighted by atomic mass is 10.1. The van der Waals surface area contributed by atoms with Gasteiger partial charge in [0.05, 0.1) is 23.7 Å². The van der Waals surface area contributed by atoms with E-state index < -0.39 is 0 Å². The van der Waals surface area contributed by atoms with E-state index >= 15 is 0 Å². The van der Waals surface area contributed by atoms with Gasteiger partial charge < -0.3 is 10.1 Å². The summed E-state index contributed by atoms with van der Waals surface area (Å²) in [6, 6.07) is -0.0800. The number of hydrogen-bond acceptors (Lipinski definition) is 7. The second kappa shape index (κ2) is 6.53. The summed E-state index contributed by atoms with van der Waals surface area (Å²) in [5, 5.41) is 7.52. The topological polar surface area (TPSA) is 72.8 Å². The standard InChI is InChI=1S/C12H17N5OS/c1-4-5-13-9(11-8(2)16-17-19-11)10-12(18-3)15-7-6-14-10/h6-7,9,13H,4-5H2,1-3H3. The maximum atomic E-state index is 5.29. The van der Waals surface area contributed by atoms with Crippen molar-refractivity contribution in [3.63, 3.8) is 0 Å². The van der Waals surface area contributed by atoms with Crippen LogP contribution in [0.1, 0.15) is 35.7 Å². The fourth-order valence-corrected chi connectivity index (χ4v) is 2.52. The van der Waals surface area contributed by atoms with Crippen molar-refractivity contribution < 1.29 is 4.74 Å². The number of nitrogens with one attached hydrogen (secondary N) is 1. The minimum atomic E-state index is -0.0800. The number of rotatable bonds is 6. The molecule has 2 aromatic heterocycles. The second-order valence-electron chi connectivity index (χ2n) is 4.06. The molecule has 2 heterocycles. The van der Waals surface area contributed by atoms with Crippen LogP contribution in [0.4, 0.5) is 0 Å². The van der Waals surface area contributed by atoms with Crippen molar-refractivity contribution in [3.8, 4) is 5.88 Å². The van der Waals surface area contributed by atoms with Crippen molar-refractivity contribution in [2.24, 2.45) is 0 Å². The minimum Gasteiger partial charge on any atom is -0.480 e. The van der Waals surface area contributed by atoms with Crippen LogP contribution in [0.25, 0.3) is 0 Å². The Hall–Kier alpha value is -1.60. The van der Waals surface area contributed by atoms with Gasteiger partial charge in [0.2, 0.25) is 5.88 Å². The first kappa shape index (κ1) is 13.8. The Kier molecular flexibility index (Phi) is 4.75. The highest BCUT2D eigenvalue weighted by atomic mass is 32.1. The molecular formula is C12H17N5OS. The molecule has 0 amide bonds. The summed E-state index contributed by atoms with van der Waals surface area (Å²) in [7, 11) is 1.60. The normalized spacial score (nSPS) is 12.4. The summed E-state index contributed by atoms with van der Waals surface area (Å²) < 4.78 is 9.29. The fourth-order valence-electron chi connectivity index (χ4n) is 1.80. The largest absolute Gasteiger partial charge is 0.480 e. The Labute approximate surface area is 116 Å². The molecule has 0 saturated carbocycles. The van der Waals surface area contributed by atoms with Crippen LogP contribution in [0.2, 0.25) is 0 Å². The first-order valence-electron chi connectivity index (χ1n) is 6.15. The van der Waals surface area contributed by atoms with E-state index in [2.05, 4.69) is 31.8 Å². The molecule has 0 radical (unpaired) electrons. The maximum Gasteiger partial charge on any atom is 0.237 e. The van der Waals surface area contributed by atoms with Gasteiger partial charge in [-0.25, -0.2) is 4.98 Å². The minimum absolute atomic E-state index is 0.0800. The van der Waals surface area contributed by atoms with Crippen LogP contribution in [-0.2, 0) is 0 Å². The maximum absolute atomic E-state index is 5.29. The average Bonchev–Trinajstić information content (AvgIpc) is 2.86. The highest BCUT2D eigenvalue weighted by Gasteiger charge is 2.24. The van der Waals surface area contributed by atoms with E-state index in [4.69, 9.17) is 4.74 Å². The van der Waals surface area contributed by atoms with Gasteiger partial charge in [-0.1, -0.05) is 11.4 Å². The molecule has 102 valence electrons. The molecule has 0 aliphatic carbocycles. The lowest BCUT2D eigenvalue weighted by Gasteiger charge is -2.18. The average molecular weight is 279 g/mol. The summed E-state index contributed by atoms with van der Waals surface area (Å²) in [5.74, 6) is 0.531. The number of methoxy groups -OCH3 is 1. The van der Waals surface area contributed by atoms with Gasteiger partial charge in [0, 0.05) is 12.4 Å². The summed E-state index contributed by atoms with van der Waals surface area (Å²) in [6.07, 6.45) is 4.32. The number of nitrogens with zero attached hydrogens (tertiary/aromatic N) is 4. The van der Waals surface area contributed by atoms with E-state index in [-0.39, 0.29) is 6.04 Å². The Morgan fingerprint density at radius 1 is 1.37 bits per heavy atom. The zero-order valence-corrected chi connectivity index (χ0v) is 12.1. The van der Waals surface area contributed by atoms with E-state index in [1.54, 1.807) is 19.5 Å². The number of aromatic nitrogens is 4. The molecule has 1 unspecified atom stereocenters. The zero-order chi connectivity index (χ0) is 13.7. The third-order valence-electron chi connectivity index (χ3n) is 2.71. The van der Waals surface area contributed by atoms with E-state index in [9.17, 15) is 0 Å². The van der Waals surface area contributed by atoms with Crippen LogP contribution < -0.4 is 10.1 Å². The lowest BCUT2D eigenvalue weighted by molar-refractivity contribution is 0.382. The molecule has 19 heavy (non-hydrogen) atoms. The van der Waals surface area contributed by atoms with E-state index in [0.29, 0.717) is 5.88 Å². The van der Waals surface area contributed by atoms with Gasteiger partial charge in [0.15, 0.2) is 0 Å². The number of hydrogen-bond donors (Lipinski definition) is 1. The molecule has 0 aromatic carbocycles. The smallest absolute Gasteiger partial charge is 0.237 e. The SMILES string of the molecule is CCCNC(c1nccnc1OC)c1snnc1C. The third kappa shape index (κ3) is 3.05. The zero-order valence-electron chi connectivity index (χ0n) is 11.3. The molecular weight excluding hydrogens is 262 g/mol. The van der Waals surface area contributed by atoms with Gasteiger partial charge in [-0.15, -0.1) is 5.10 Å². The molecule has 0 saturated heterocycles. The first-order valence-corrected chi connectivity index (χ1v) is 6.92. The van der Waals surface area contributed by atoms with Crippen molar-refractivity contribution in [2.75, 3.05) is 13.7 Å². The molecule has 6 nitrogen and oxygen atoms in total. The van der Waals surface area contributed by atoms with Crippen molar-refractivity contribution in [1.82, 2.24) is 24.9 Å². The molecule has 2 rings (SSSR count). The molecule has 7 heteroatoms. The Morgan fingerprint density at radius 3 is 2.79 bits per heavy atom. The Morgan fingerprint density at radius 2 is 2.16 bits per heavy atom. The van der Waals surface area contributed by atoms with Crippen LogP contribution in [0.5, 0.6) is 5.88 Å². The van der Waals surface area contributed by atoms with Gasteiger partial charge in [-0.05, 0) is 31.4 Å². The van der Waals surface area contributed by atoms with Crippen LogP contribution >= 0.6 is 11.5 Å². The second-order valence-corrected chi connectivity index (χ2v) is 4.85. The van der Waals surface area contributed by atoms with Crippen LogP contribution in [0, 0.1) is 6.92 Å². The van der Waals surface area contributed by atoms with Gasteiger partial charge in [-0.3, -0.25) is 4.98 Å². The molecule has 0 aliphatic rings. The first-order chi connectivity index (χ1) is 9.27. The summed E-state index contributed by atoms with van der Waals surface area (Å²) >= 11 is 1.38. The quantitative estimate of drug-likeness (QED) is 0.868. The van der Waals surface area contributed by atoms with Gasteiger partial charge >= 0.3 is 0 Å². The van der Waals surface area contributed by atoms with Crippen LogP contribution in [0.15, 0.2) is 12.4 Å². The molecule has 2 aromatic rings. The summed E-state index contributed by atoms with van der Waals surface area (Å²) in [4.78, 5) is 9.65. The van der Waals surface area contributed by atoms with Gasteiger partial charge in [0.25, 0.3) is 0 Å². The van der Waals surface area contributed by atoms with Crippen molar-refractivity contribution >= 4 is 11.5 Å². The highest BCUT2D eigenvalue weighted by molar-refractivity contribution is 7.05. The number of ether oxygens (including phenoxy) is 1. The van der Waals surface area contributed by atoms with E-state index in [0.717, 1.165) is 29.2 Å². The predicted octanol–water partition coefficient (Wildman–Crippen LogP) is 1.73. The monoisotopic (exact) mass is 279 g/mol. The molecule has 0 fully saturated rings. The summed E-state index contributed by atoms with van der Waals surface area (Å²) in [6.45, 7) is 4.94. The van der Waals surface area contributed by atoms with Crippen molar-refractivity contribution in [3.05, 3.63) is 28.7 Å².